The highest BCUT2D eigenvalue weighted by molar-refractivity contribution is 6.30. The highest BCUT2D eigenvalue weighted by atomic mass is 35.5. The lowest BCUT2D eigenvalue weighted by Crippen LogP contribution is -1.76. The van der Waals surface area contributed by atoms with Crippen LogP contribution in [0.5, 0.6) is 0 Å². The van der Waals surface area contributed by atoms with Crippen molar-refractivity contribution in [2.24, 2.45) is 0 Å². The highest BCUT2D eigenvalue weighted by Crippen LogP contribution is 2.11. The van der Waals surface area contributed by atoms with Crippen molar-refractivity contribution < 1.29 is 0 Å². The van der Waals surface area contributed by atoms with E-state index in [1.807, 2.05) is 6.07 Å². The first-order valence-corrected chi connectivity index (χ1v) is 3.73. The summed E-state index contributed by atoms with van der Waals surface area (Å²) in [6.45, 7) is 0. The van der Waals surface area contributed by atoms with Crippen LogP contribution in [0.3, 0.4) is 0 Å². The third-order valence-corrected chi connectivity index (χ3v) is 1.57. The lowest BCUT2D eigenvalue weighted by atomic mass is 9.95. The topological polar surface area (TPSA) is 23.8 Å². The van der Waals surface area contributed by atoms with Crippen molar-refractivity contribution in [1.29, 1.82) is 5.26 Å². The van der Waals surface area contributed by atoms with E-state index in [0.29, 0.717) is 5.02 Å². The maximum absolute atomic E-state index is 8.38. The molecule has 1 aromatic carbocycles. The van der Waals surface area contributed by atoms with E-state index in [9.17, 15) is 0 Å². The monoisotopic (exact) mass is 173 g/mol. The second kappa shape index (κ2) is 3.99. The normalized spacial score (nSPS) is 10.8. The maximum Gasteiger partial charge on any atom is 0.129 e. The highest BCUT2D eigenvalue weighted by Gasteiger charge is 1.89. The van der Waals surface area contributed by atoms with E-state index in [1.165, 1.54) is 0 Å². The van der Waals surface area contributed by atoms with Crippen LogP contribution in [0, 0.1) is 11.3 Å². The quantitative estimate of drug-likeness (QED) is 0.472. The molecule has 0 heterocycles. The first kappa shape index (κ1) is 8.90. The van der Waals surface area contributed by atoms with Crippen molar-refractivity contribution in [3.63, 3.8) is 0 Å². The second-order valence-electron chi connectivity index (χ2n) is 2.26. The first-order valence-electron chi connectivity index (χ1n) is 3.35. The van der Waals surface area contributed by atoms with E-state index >= 15 is 0 Å². The summed E-state index contributed by atoms with van der Waals surface area (Å²) in [5.74, 6) is 0. The van der Waals surface area contributed by atoms with Crippen molar-refractivity contribution in [2.45, 2.75) is 0 Å². The van der Waals surface area contributed by atoms with Gasteiger partial charge >= 0.3 is 0 Å². The molecule has 0 aromatic heterocycles. The van der Waals surface area contributed by atoms with Gasteiger partial charge in [0.05, 0.1) is 6.07 Å². The Morgan fingerprint density at radius 2 is 2.00 bits per heavy atom. The van der Waals surface area contributed by atoms with Gasteiger partial charge in [-0.15, -0.1) is 0 Å². The summed E-state index contributed by atoms with van der Waals surface area (Å²) in [6.07, 6.45) is 1.59. The van der Waals surface area contributed by atoms with Gasteiger partial charge in [-0.25, -0.2) is 0 Å². The fourth-order valence-corrected chi connectivity index (χ4v) is 0.897. The van der Waals surface area contributed by atoms with Gasteiger partial charge in [0.25, 0.3) is 0 Å². The van der Waals surface area contributed by atoms with Gasteiger partial charge in [-0.1, -0.05) is 29.8 Å². The fraction of sp³-hybridized carbons (Fsp3) is 0. The lowest BCUT2D eigenvalue weighted by molar-refractivity contribution is 1.53. The van der Waals surface area contributed by atoms with Gasteiger partial charge in [0.2, 0.25) is 0 Å². The van der Waals surface area contributed by atoms with Crippen molar-refractivity contribution in [2.75, 3.05) is 0 Å². The Hall–Kier alpha value is -1.20. The van der Waals surface area contributed by atoms with Crippen LogP contribution in [0.15, 0.2) is 29.7 Å². The average molecular weight is 173 g/mol. The van der Waals surface area contributed by atoms with Gasteiger partial charge < -0.3 is 0 Å². The van der Waals surface area contributed by atoms with E-state index in [2.05, 4.69) is 0 Å². The Bertz CT molecular complexity index is 335. The van der Waals surface area contributed by atoms with E-state index in [4.69, 9.17) is 24.7 Å². The van der Waals surface area contributed by atoms with Crippen molar-refractivity contribution in [3.05, 3.63) is 40.3 Å². The Labute approximate surface area is 77.7 Å². The summed E-state index contributed by atoms with van der Waals surface area (Å²) in [7, 11) is 5.31. The van der Waals surface area contributed by atoms with Gasteiger partial charge in [0, 0.05) is 5.02 Å². The minimum Gasteiger partial charge on any atom is -0.194 e. The summed E-state index contributed by atoms with van der Waals surface area (Å²) in [5, 5.41) is 9.05. The number of nitriles is 1. The van der Waals surface area contributed by atoms with Crippen LogP contribution in [-0.4, -0.2) is 7.85 Å². The zero-order valence-electron chi connectivity index (χ0n) is 6.29. The molecule has 0 bridgehead atoms. The lowest BCUT2D eigenvalue weighted by Gasteiger charge is -1.93. The molecule has 2 radical (unpaired) electrons. The third kappa shape index (κ3) is 2.45. The van der Waals surface area contributed by atoms with Gasteiger partial charge in [0.1, 0.15) is 7.85 Å². The minimum absolute atomic E-state index is 0.192. The minimum atomic E-state index is 0.192. The van der Waals surface area contributed by atoms with Crippen LogP contribution in [0.25, 0.3) is 6.08 Å². The third-order valence-electron chi connectivity index (χ3n) is 1.32. The van der Waals surface area contributed by atoms with Crippen LogP contribution in [-0.2, 0) is 0 Å². The predicted molar refractivity (Wildman–Crippen MR) is 50.8 cm³/mol. The molecule has 1 nitrogen and oxygen atoms in total. The number of halogens is 1. The SMILES string of the molecule is [B]/C(C#N)=C\c1ccc(Cl)cc1. The molecule has 0 unspecified atom stereocenters. The molecule has 0 saturated carbocycles. The van der Waals surface area contributed by atoms with Crippen LogP contribution < -0.4 is 0 Å². The van der Waals surface area contributed by atoms with E-state index in [-0.39, 0.29) is 5.47 Å². The molecule has 0 saturated heterocycles. The zero-order chi connectivity index (χ0) is 8.97. The molecule has 1 rings (SSSR count). The van der Waals surface area contributed by atoms with Gasteiger partial charge in [-0.3, -0.25) is 0 Å². The Kier molecular flexibility index (Phi) is 2.96. The van der Waals surface area contributed by atoms with Crippen molar-refractivity contribution in [3.8, 4) is 6.07 Å². The Morgan fingerprint density at radius 3 is 2.50 bits per heavy atom. The van der Waals surface area contributed by atoms with Crippen molar-refractivity contribution in [1.82, 2.24) is 0 Å². The summed E-state index contributed by atoms with van der Waals surface area (Å²) >= 11 is 5.67. The second-order valence-corrected chi connectivity index (χ2v) is 2.70. The van der Waals surface area contributed by atoms with Gasteiger partial charge in [-0.05, 0) is 23.2 Å². The number of nitrogens with zero attached hydrogens (tertiary/aromatic N) is 1. The maximum atomic E-state index is 8.38. The summed E-state index contributed by atoms with van der Waals surface area (Å²) in [6, 6.07) is 8.93. The summed E-state index contributed by atoms with van der Waals surface area (Å²) < 4.78 is 0. The molecule has 0 fully saturated rings. The van der Waals surface area contributed by atoms with E-state index < -0.39 is 0 Å². The molecular formula is C9H5BClN. The molecule has 56 valence electrons. The van der Waals surface area contributed by atoms with Crippen LogP contribution in [0.1, 0.15) is 5.56 Å². The summed E-state index contributed by atoms with van der Waals surface area (Å²) in [4.78, 5) is 0. The van der Waals surface area contributed by atoms with Crippen LogP contribution in [0.2, 0.25) is 5.02 Å². The van der Waals surface area contributed by atoms with Gasteiger partial charge in [-0.2, -0.15) is 5.26 Å². The standard InChI is InChI=1S/C9H5BClN/c10-8(6-12)5-7-1-3-9(11)4-2-7/h1-5H/b8-5-. The molecule has 0 amide bonds. The smallest absolute Gasteiger partial charge is 0.129 e. The molecule has 1 aromatic rings. The predicted octanol–water partition coefficient (Wildman–Crippen LogP) is 2.37. The Morgan fingerprint density at radius 1 is 1.42 bits per heavy atom. The summed E-state index contributed by atoms with van der Waals surface area (Å²) in [5.41, 5.74) is 1.07. The number of allylic oxidation sites excluding steroid dienone is 1. The molecule has 0 aliphatic carbocycles. The molecule has 0 aliphatic heterocycles. The van der Waals surface area contributed by atoms with E-state index in [0.717, 1.165) is 5.56 Å². The molecule has 0 atom stereocenters. The molecule has 0 spiro atoms. The number of hydrogen-bond donors (Lipinski definition) is 0. The molecule has 0 N–H and O–H groups in total. The van der Waals surface area contributed by atoms with Gasteiger partial charge in [0.15, 0.2) is 0 Å². The number of rotatable bonds is 1. The Balaban J connectivity index is 2.93. The molecule has 3 heteroatoms. The molecule has 12 heavy (non-hydrogen) atoms. The number of benzene rings is 1. The van der Waals surface area contributed by atoms with E-state index in [1.54, 1.807) is 30.3 Å². The van der Waals surface area contributed by atoms with Crippen LogP contribution in [0.4, 0.5) is 0 Å². The van der Waals surface area contributed by atoms with Crippen molar-refractivity contribution >= 4 is 25.5 Å². The number of hydrogen-bond acceptors (Lipinski definition) is 1. The average Bonchev–Trinajstić information content (AvgIpc) is 2.09. The zero-order valence-corrected chi connectivity index (χ0v) is 7.05. The molecule has 0 aliphatic rings. The largest absolute Gasteiger partial charge is 0.194 e. The fourth-order valence-electron chi connectivity index (χ4n) is 0.771. The first-order chi connectivity index (χ1) is 5.72. The molecular weight excluding hydrogens is 168 g/mol. The van der Waals surface area contributed by atoms with Crippen LogP contribution >= 0.6 is 11.6 Å².